The summed E-state index contributed by atoms with van der Waals surface area (Å²) in [7, 11) is 0. The topological polar surface area (TPSA) is 58.0 Å². The van der Waals surface area contributed by atoms with Crippen molar-refractivity contribution in [1.82, 2.24) is 9.97 Å². The van der Waals surface area contributed by atoms with Crippen molar-refractivity contribution >= 4 is 17.4 Å². The normalized spacial score (nSPS) is 21.6. The Kier molecular flexibility index (Phi) is 4.75. The minimum atomic E-state index is -4.79. The zero-order valence-corrected chi connectivity index (χ0v) is 14.2. The van der Waals surface area contributed by atoms with Gasteiger partial charge in [-0.2, -0.15) is 13.2 Å². The lowest BCUT2D eigenvalue weighted by Gasteiger charge is -2.41. The third kappa shape index (κ3) is 3.43. The Hall–Kier alpha value is -2.07. The van der Waals surface area contributed by atoms with Gasteiger partial charge in [0.1, 0.15) is 5.15 Å². The fraction of sp³-hybridized carbons (Fsp3) is 0.375. The van der Waals surface area contributed by atoms with E-state index >= 15 is 0 Å². The van der Waals surface area contributed by atoms with Gasteiger partial charge < -0.3 is 10.4 Å². The Morgan fingerprint density at radius 3 is 2.52 bits per heavy atom. The molecule has 146 valence electrons. The van der Waals surface area contributed by atoms with Crippen LogP contribution in [0.2, 0.25) is 5.15 Å². The summed E-state index contributed by atoms with van der Waals surface area (Å²) in [5, 5.41) is 11.9. The summed E-state index contributed by atoms with van der Waals surface area (Å²) in [5.41, 5.74) is -3.66. The maximum absolute atomic E-state index is 14.3. The molecule has 3 rings (SSSR count). The van der Waals surface area contributed by atoms with Crippen LogP contribution in [-0.4, -0.2) is 21.7 Å². The second-order valence-electron chi connectivity index (χ2n) is 6.15. The molecule has 11 heteroatoms. The van der Waals surface area contributed by atoms with Crippen molar-refractivity contribution in [2.75, 3.05) is 11.9 Å². The molecule has 2 aromatic rings. The molecule has 0 fully saturated rings. The van der Waals surface area contributed by atoms with Crippen LogP contribution in [0.1, 0.15) is 29.5 Å². The second kappa shape index (κ2) is 6.52. The average molecular weight is 412 g/mol. The predicted molar refractivity (Wildman–Crippen MR) is 84.0 cm³/mol. The van der Waals surface area contributed by atoms with Crippen LogP contribution in [0.4, 0.5) is 32.2 Å². The third-order valence-electron chi connectivity index (χ3n) is 4.45. The summed E-state index contributed by atoms with van der Waals surface area (Å²) in [4.78, 5) is 7.02. The van der Waals surface area contributed by atoms with Crippen LogP contribution < -0.4 is 5.32 Å². The molecule has 0 saturated carbocycles. The molecule has 0 spiro atoms. The highest BCUT2D eigenvalue weighted by Gasteiger charge is 2.50. The number of fused-ring (bicyclic) bond motifs is 1. The summed E-state index contributed by atoms with van der Waals surface area (Å²) in [6.45, 7) is -0.751. The number of aliphatic hydroxyl groups is 1. The Balaban J connectivity index is 2.07. The lowest BCUT2D eigenvalue weighted by molar-refractivity contribution is -0.138. The number of nitrogens with one attached hydrogen (secondary N) is 1. The van der Waals surface area contributed by atoms with Gasteiger partial charge in [-0.25, -0.2) is 23.1 Å². The molecule has 1 aliphatic rings. The molecule has 4 nitrogen and oxygen atoms in total. The van der Waals surface area contributed by atoms with E-state index in [0.717, 1.165) is 6.20 Å². The number of pyridine rings is 2. The Labute approximate surface area is 154 Å². The van der Waals surface area contributed by atoms with E-state index in [0.29, 0.717) is 6.20 Å². The standard InChI is InChI=1S/C16H12ClF6N3O/c17-12-11-9(1-4-24-12)14(7-27,2-3-15(11,19)20)26-13-10(18)5-8(6-25-13)16(21,22)23/h1,4-6,27H,2-3,7H2,(H,25,26)/t14-/m1/s1. The molecule has 0 aromatic carbocycles. The number of alkyl halides is 5. The molecule has 27 heavy (non-hydrogen) atoms. The molecule has 0 aliphatic heterocycles. The van der Waals surface area contributed by atoms with Gasteiger partial charge in [0, 0.05) is 18.8 Å². The van der Waals surface area contributed by atoms with Crippen LogP contribution in [0.25, 0.3) is 0 Å². The highest BCUT2D eigenvalue weighted by atomic mass is 35.5. The number of hydrogen-bond acceptors (Lipinski definition) is 4. The number of anilines is 1. The Morgan fingerprint density at radius 1 is 1.22 bits per heavy atom. The van der Waals surface area contributed by atoms with Crippen molar-refractivity contribution in [3.05, 3.63) is 52.2 Å². The summed E-state index contributed by atoms with van der Waals surface area (Å²) in [6, 6.07) is 1.43. The number of nitrogens with zero attached hydrogens (tertiary/aromatic N) is 2. The van der Waals surface area contributed by atoms with E-state index < -0.39 is 58.6 Å². The van der Waals surface area contributed by atoms with Crippen molar-refractivity contribution in [1.29, 1.82) is 0 Å². The predicted octanol–water partition coefficient (Wildman–Crippen LogP) is 4.47. The van der Waals surface area contributed by atoms with Crippen molar-refractivity contribution in [3.63, 3.8) is 0 Å². The smallest absolute Gasteiger partial charge is 0.394 e. The summed E-state index contributed by atoms with van der Waals surface area (Å²) in [6.07, 6.45) is -4.31. The summed E-state index contributed by atoms with van der Waals surface area (Å²) >= 11 is 5.80. The first-order valence-corrected chi connectivity index (χ1v) is 8.03. The molecular weight excluding hydrogens is 400 g/mol. The van der Waals surface area contributed by atoms with Crippen LogP contribution in [-0.2, 0) is 17.6 Å². The minimum Gasteiger partial charge on any atom is -0.394 e. The van der Waals surface area contributed by atoms with E-state index in [1.54, 1.807) is 0 Å². The average Bonchev–Trinajstić information content (AvgIpc) is 2.58. The first-order valence-electron chi connectivity index (χ1n) is 7.65. The zero-order valence-electron chi connectivity index (χ0n) is 13.4. The molecule has 0 amide bonds. The molecule has 0 saturated heterocycles. The van der Waals surface area contributed by atoms with Gasteiger partial charge in [-0.05, 0) is 24.1 Å². The highest BCUT2D eigenvalue weighted by Crippen LogP contribution is 2.50. The quantitative estimate of drug-likeness (QED) is 0.578. The van der Waals surface area contributed by atoms with Gasteiger partial charge in [-0.1, -0.05) is 11.6 Å². The molecule has 1 atom stereocenters. The van der Waals surface area contributed by atoms with Crippen molar-refractivity contribution in [3.8, 4) is 0 Å². The van der Waals surface area contributed by atoms with Crippen LogP contribution in [0.5, 0.6) is 0 Å². The first kappa shape index (κ1) is 19.7. The maximum Gasteiger partial charge on any atom is 0.417 e. The van der Waals surface area contributed by atoms with Gasteiger partial charge in [0.25, 0.3) is 5.92 Å². The molecule has 1 aliphatic carbocycles. The number of aromatic nitrogens is 2. The number of aliphatic hydroxyl groups excluding tert-OH is 1. The Morgan fingerprint density at radius 2 is 1.93 bits per heavy atom. The highest BCUT2D eigenvalue weighted by molar-refractivity contribution is 6.30. The number of halogens is 7. The van der Waals surface area contributed by atoms with Crippen LogP contribution in [0, 0.1) is 5.82 Å². The van der Waals surface area contributed by atoms with E-state index in [1.807, 2.05) is 0 Å². The van der Waals surface area contributed by atoms with Gasteiger partial charge >= 0.3 is 6.18 Å². The fourth-order valence-electron chi connectivity index (χ4n) is 3.06. The Bertz CT molecular complexity index is 876. The lowest BCUT2D eigenvalue weighted by atomic mass is 9.76. The van der Waals surface area contributed by atoms with Gasteiger partial charge in [0.05, 0.1) is 23.3 Å². The summed E-state index contributed by atoms with van der Waals surface area (Å²) in [5.74, 6) is -5.27. The molecule has 0 radical (unpaired) electrons. The van der Waals surface area contributed by atoms with E-state index in [-0.39, 0.29) is 18.1 Å². The monoisotopic (exact) mass is 411 g/mol. The van der Waals surface area contributed by atoms with Crippen molar-refractivity contribution in [2.24, 2.45) is 0 Å². The zero-order chi connectivity index (χ0) is 20.0. The first-order chi connectivity index (χ1) is 12.5. The minimum absolute atomic E-state index is 0.123. The maximum atomic E-state index is 14.3. The fourth-order valence-corrected chi connectivity index (χ4v) is 3.35. The molecular formula is C16H12ClF6N3O. The van der Waals surface area contributed by atoms with Crippen LogP contribution in [0.3, 0.4) is 0 Å². The van der Waals surface area contributed by atoms with Crippen molar-refractivity contribution in [2.45, 2.75) is 30.5 Å². The van der Waals surface area contributed by atoms with E-state index in [1.165, 1.54) is 6.07 Å². The molecule has 2 heterocycles. The van der Waals surface area contributed by atoms with Gasteiger partial charge in [0.15, 0.2) is 11.6 Å². The van der Waals surface area contributed by atoms with Crippen molar-refractivity contribution < 1.29 is 31.4 Å². The second-order valence-corrected chi connectivity index (χ2v) is 6.50. The molecule has 2 aromatic heterocycles. The van der Waals surface area contributed by atoms with Crippen LogP contribution in [0.15, 0.2) is 24.5 Å². The third-order valence-corrected chi connectivity index (χ3v) is 4.73. The van der Waals surface area contributed by atoms with E-state index in [4.69, 9.17) is 11.6 Å². The molecule has 0 bridgehead atoms. The van der Waals surface area contributed by atoms with Gasteiger partial charge in [-0.3, -0.25) is 0 Å². The SMILES string of the molecule is OC[C@]1(Nc2ncc(C(F)(F)F)cc2F)CCC(F)(F)c2c1ccnc2Cl. The molecule has 0 unspecified atom stereocenters. The lowest BCUT2D eigenvalue weighted by Crippen LogP contribution is -2.46. The number of rotatable bonds is 3. The van der Waals surface area contributed by atoms with E-state index in [2.05, 4.69) is 15.3 Å². The summed E-state index contributed by atoms with van der Waals surface area (Å²) < 4.78 is 80.7. The molecule has 2 N–H and O–H groups in total. The largest absolute Gasteiger partial charge is 0.417 e. The van der Waals surface area contributed by atoms with Crippen LogP contribution >= 0.6 is 11.6 Å². The number of hydrogen-bond donors (Lipinski definition) is 2. The van der Waals surface area contributed by atoms with E-state index in [9.17, 15) is 31.4 Å². The van der Waals surface area contributed by atoms with Gasteiger partial charge in [-0.15, -0.1) is 0 Å². The van der Waals surface area contributed by atoms with Gasteiger partial charge in [0.2, 0.25) is 0 Å².